The number of amides is 2. The molecule has 26 heavy (non-hydrogen) atoms. The zero-order valence-corrected chi connectivity index (χ0v) is 15.9. The Hall–Kier alpha value is -2.44. The molecule has 2 amide bonds. The van der Waals surface area contributed by atoms with Gasteiger partial charge in [0.2, 0.25) is 5.91 Å². The summed E-state index contributed by atoms with van der Waals surface area (Å²) >= 11 is 0. The monoisotopic (exact) mass is 364 g/mol. The summed E-state index contributed by atoms with van der Waals surface area (Å²) in [5.41, 5.74) is 0.0730. The van der Waals surface area contributed by atoms with Crippen molar-refractivity contribution in [2.24, 2.45) is 0 Å². The normalized spacial score (nSPS) is 17.5. The maximum Gasteiger partial charge on any atom is 0.410 e. The number of piperidine rings is 1. The number of ether oxygens (including phenoxy) is 2. The molecule has 7 nitrogen and oxygen atoms in total. The van der Waals surface area contributed by atoms with Crippen LogP contribution in [-0.4, -0.2) is 53.8 Å². The second-order valence-corrected chi connectivity index (χ2v) is 7.51. The van der Waals surface area contributed by atoms with E-state index in [9.17, 15) is 14.7 Å². The summed E-state index contributed by atoms with van der Waals surface area (Å²) in [4.78, 5) is 26.2. The zero-order chi connectivity index (χ0) is 19.3. The highest BCUT2D eigenvalue weighted by molar-refractivity contribution is 5.80. The number of nitrogens with one attached hydrogen (secondary N) is 1. The molecule has 0 aromatic heterocycles. The molecule has 1 aliphatic rings. The summed E-state index contributed by atoms with van der Waals surface area (Å²) in [6.07, 6.45) is 1.36. The van der Waals surface area contributed by atoms with E-state index >= 15 is 0 Å². The van der Waals surface area contributed by atoms with Crippen molar-refractivity contribution in [3.63, 3.8) is 0 Å². The van der Waals surface area contributed by atoms with Crippen LogP contribution in [0.25, 0.3) is 0 Å². The molecule has 2 N–H and O–H groups in total. The molecule has 1 aromatic carbocycles. The molecule has 0 unspecified atom stereocenters. The molecule has 1 heterocycles. The van der Waals surface area contributed by atoms with Crippen LogP contribution in [0, 0.1) is 0 Å². The predicted molar refractivity (Wildman–Crippen MR) is 97.3 cm³/mol. The highest BCUT2D eigenvalue weighted by Crippen LogP contribution is 2.24. The summed E-state index contributed by atoms with van der Waals surface area (Å²) in [7, 11) is 1.52. The summed E-state index contributed by atoms with van der Waals surface area (Å²) < 4.78 is 10.6. The number of nitrogens with zero attached hydrogens (tertiary/aromatic N) is 1. The lowest BCUT2D eigenvalue weighted by atomic mass is 10.0. The summed E-state index contributed by atoms with van der Waals surface area (Å²) in [6.45, 7) is 6.55. The van der Waals surface area contributed by atoms with Gasteiger partial charge in [0.1, 0.15) is 17.1 Å². The van der Waals surface area contributed by atoms with Gasteiger partial charge < -0.3 is 24.8 Å². The van der Waals surface area contributed by atoms with Crippen LogP contribution in [0.5, 0.6) is 11.5 Å². The maximum absolute atomic E-state index is 12.4. The number of methoxy groups -OCH3 is 1. The number of aromatic hydroxyl groups is 1. The largest absolute Gasteiger partial charge is 0.508 e. The fourth-order valence-electron chi connectivity index (χ4n) is 2.94. The minimum atomic E-state index is -0.543. The Balaban J connectivity index is 1.93. The SMILES string of the molecule is COc1ccc(O)cc1CC(=O)N[C@@H]1CCCN(C(=O)OC(C)(C)C)C1. The molecule has 7 heteroatoms. The number of phenolic OH excluding ortho intramolecular Hbond substituents is 1. The van der Waals surface area contributed by atoms with E-state index in [2.05, 4.69) is 5.32 Å². The van der Waals surface area contributed by atoms with Crippen LogP contribution in [0.15, 0.2) is 18.2 Å². The van der Waals surface area contributed by atoms with Gasteiger partial charge >= 0.3 is 6.09 Å². The van der Waals surface area contributed by atoms with Crippen LogP contribution in [0.1, 0.15) is 39.2 Å². The van der Waals surface area contributed by atoms with Gasteiger partial charge in [-0.05, 0) is 51.8 Å². The van der Waals surface area contributed by atoms with E-state index < -0.39 is 5.60 Å². The quantitative estimate of drug-likeness (QED) is 0.857. The number of hydrogen-bond donors (Lipinski definition) is 2. The number of rotatable bonds is 4. The highest BCUT2D eigenvalue weighted by atomic mass is 16.6. The summed E-state index contributed by atoms with van der Waals surface area (Å²) in [5.74, 6) is 0.462. The van der Waals surface area contributed by atoms with E-state index in [1.807, 2.05) is 20.8 Å². The Bertz CT molecular complexity index is 654. The molecular weight excluding hydrogens is 336 g/mol. The lowest BCUT2D eigenvalue weighted by Gasteiger charge is -2.34. The third kappa shape index (κ3) is 5.82. The van der Waals surface area contributed by atoms with E-state index in [1.165, 1.54) is 19.2 Å². The topological polar surface area (TPSA) is 88.1 Å². The number of benzene rings is 1. The smallest absolute Gasteiger partial charge is 0.410 e. The van der Waals surface area contributed by atoms with Crippen LogP contribution in [0.2, 0.25) is 0 Å². The standard InChI is InChI=1S/C19H28N2O5/c1-19(2,3)26-18(24)21-9-5-6-14(12-21)20-17(23)11-13-10-15(22)7-8-16(13)25-4/h7-8,10,14,22H,5-6,9,11-12H2,1-4H3,(H,20,23)/t14-/m1/s1. The van der Waals surface area contributed by atoms with Crippen molar-refractivity contribution in [1.29, 1.82) is 0 Å². The van der Waals surface area contributed by atoms with E-state index in [1.54, 1.807) is 11.0 Å². The molecule has 0 aliphatic carbocycles. The number of likely N-dealkylation sites (tertiary alicyclic amines) is 1. The molecule has 0 bridgehead atoms. The fraction of sp³-hybridized carbons (Fsp3) is 0.579. The van der Waals surface area contributed by atoms with Crippen molar-refractivity contribution in [3.05, 3.63) is 23.8 Å². The van der Waals surface area contributed by atoms with Crippen molar-refractivity contribution in [1.82, 2.24) is 10.2 Å². The summed E-state index contributed by atoms with van der Waals surface area (Å²) in [5, 5.41) is 12.6. The average Bonchev–Trinajstić information content (AvgIpc) is 2.53. The first kappa shape index (κ1) is 19.9. The summed E-state index contributed by atoms with van der Waals surface area (Å²) in [6, 6.07) is 4.54. The first-order valence-corrected chi connectivity index (χ1v) is 8.81. The Morgan fingerprint density at radius 3 is 2.73 bits per heavy atom. The van der Waals surface area contributed by atoms with Gasteiger partial charge in [-0.15, -0.1) is 0 Å². The van der Waals surface area contributed by atoms with Gasteiger partial charge in [0.15, 0.2) is 0 Å². The van der Waals surface area contributed by atoms with Crippen LogP contribution >= 0.6 is 0 Å². The van der Waals surface area contributed by atoms with Crippen LogP contribution in [0.4, 0.5) is 4.79 Å². The van der Waals surface area contributed by atoms with E-state index in [-0.39, 0.29) is 30.2 Å². The van der Waals surface area contributed by atoms with E-state index in [0.717, 1.165) is 12.8 Å². The van der Waals surface area contributed by atoms with E-state index in [0.29, 0.717) is 24.4 Å². The van der Waals surface area contributed by atoms with Crippen molar-refractivity contribution in [2.75, 3.05) is 20.2 Å². The van der Waals surface area contributed by atoms with Gasteiger partial charge in [0, 0.05) is 24.7 Å². The van der Waals surface area contributed by atoms with Crippen molar-refractivity contribution >= 4 is 12.0 Å². The Morgan fingerprint density at radius 1 is 1.35 bits per heavy atom. The molecule has 144 valence electrons. The molecule has 0 radical (unpaired) electrons. The van der Waals surface area contributed by atoms with Gasteiger partial charge in [0.25, 0.3) is 0 Å². The van der Waals surface area contributed by atoms with Gasteiger partial charge in [-0.1, -0.05) is 0 Å². The van der Waals surface area contributed by atoms with Gasteiger partial charge in [-0.2, -0.15) is 0 Å². The lowest BCUT2D eigenvalue weighted by molar-refractivity contribution is -0.121. The number of carbonyl (C=O) groups is 2. The lowest BCUT2D eigenvalue weighted by Crippen LogP contribution is -2.51. The first-order chi connectivity index (χ1) is 12.2. The predicted octanol–water partition coefficient (Wildman–Crippen LogP) is 2.46. The minimum absolute atomic E-state index is 0.0855. The van der Waals surface area contributed by atoms with Gasteiger partial charge in [-0.3, -0.25) is 4.79 Å². The minimum Gasteiger partial charge on any atom is -0.508 e. The third-order valence-corrected chi connectivity index (χ3v) is 4.05. The number of hydrogen-bond acceptors (Lipinski definition) is 5. The van der Waals surface area contributed by atoms with E-state index in [4.69, 9.17) is 9.47 Å². The molecule has 1 aliphatic heterocycles. The third-order valence-electron chi connectivity index (χ3n) is 4.05. The van der Waals surface area contributed by atoms with Crippen molar-refractivity contribution in [3.8, 4) is 11.5 Å². The molecule has 0 saturated carbocycles. The van der Waals surface area contributed by atoms with Crippen molar-refractivity contribution < 1.29 is 24.2 Å². The second kappa shape index (κ2) is 8.29. The Kier molecular flexibility index (Phi) is 6.34. The molecule has 1 fully saturated rings. The fourth-order valence-corrected chi connectivity index (χ4v) is 2.94. The highest BCUT2D eigenvalue weighted by Gasteiger charge is 2.28. The molecule has 1 aromatic rings. The zero-order valence-electron chi connectivity index (χ0n) is 15.9. The average molecular weight is 364 g/mol. The molecule has 2 rings (SSSR count). The second-order valence-electron chi connectivity index (χ2n) is 7.51. The first-order valence-electron chi connectivity index (χ1n) is 8.81. The Labute approximate surface area is 154 Å². The van der Waals surface area contributed by atoms with Gasteiger partial charge in [0.05, 0.1) is 13.5 Å². The maximum atomic E-state index is 12.4. The van der Waals surface area contributed by atoms with Crippen LogP contribution in [-0.2, 0) is 16.0 Å². The van der Waals surface area contributed by atoms with Crippen molar-refractivity contribution in [2.45, 2.75) is 51.7 Å². The molecular formula is C19H28N2O5. The van der Waals surface area contributed by atoms with Crippen LogP contribution < -0.4 is 10.1 Å². The number of phenols is 1. The van der Waals surface area contributed by atoms with Gasteiger partial charge in [-0.25, -0.2) is 4.79 Å². The van der Waals surface area contributed by atoms with Crippen LogP contribution in [0.3, 0.4) is 0 Å². The number of carbonyl (C=O) groups excluding carboxylic acids is 2. The molecule has 1 atom stereocenters. The molecule has 0 spiro atoms. The molecule has 1 saturated heterocycles. The Morgan fingerprint density at radius 2 is 2.08 bits per heavy atom.